The van der Waals surface area contributed by atoms with Gasteiger partial charge in [0.25, 0.3) is 0 Å². The first-order chi connectivity index (χ1) is 15.1. The van der Waals surface area contributed by atoms with Crippen LogP contribution in [0.1, 0.15) is 29.9 Å². The monoisotopic (exact) mass is 419 g/mol. The quantitative estimate of drug-likeness (QED) is 0.651. The molecule has 1 aliphatic heterocycles. The van der Waals surface area contributed by atoms with Gasteiger partial charge in [0.1, 0.15) is 11.7 Å². The molecule has 0 bridgehead atoms. The molecular weight excluding hydrogens is 394 g/mol. The molecule has 1 N–H and O–H groups in total. The van der Waals surface area contributed by atoms with Crippen LogP contribution in [0.15, 0.2) is 30.5 Å². The Balaban J connectivity index is 1.61. The van der Waals surface area contributed by atoms with Crippen molar-refractivity contribution in [1.82, 2.24) is 24.4 Å². The van der Waals surface area contributed by atoms with Gasteiger partial charge in [-0.3, -0.25) is 15.0 Å². The van der Waals surface area contributed by atoms with Gasteiger partial charge >= 0.3 is 0 Å². The van der Waals surface area contributed by atoms with Crippen LogP contribution in [0.5, 0.6) is 0 Å². The van der Waals surface area contributed by atoms with Crippen LogP contribution in [0, 0.1) is 18.3 Å². The summed E-state index contributed by atoms with van der Waals surface area (Å²) in [6.07, 6.45) is 1.63. The molecule has 0 saturated carbocycles. The third-order valence-corrected chi connectivity index (χ3v) is 5.39. The number of ether oxygens (including phenoxy) is 1. The van der Waals surface area contributed by atoms with Crippen LogP contribution in [0.4, 0.5) is 5.95 Å². The number of anilines is 1. The molecule has 1 amide bonds. The number of aryl methyl sites for hydroxylation is 2. The first-order valence-corrected chi connectivity index (χ1v) is 10.4. The second-order valence-corrected chi connectivity index (χ2v) is 7.46. The lowest BCUT2D eigenvalue weighted by molar-refractivity contribution is -0.118. The van der Waals surface area contributed by atoms with Crippen molar-refractivity contribution in [2.45, 2.75) is 26.3 Å². The molecule has 0 radical (unpaired) electrons. The molecule has 1 atom stereocenters. The molecule has 0 aliphatic carbocycles. The number of benzene rings is 1. The molecule has 3 aromatic rings. The van der Waals surface area contributed by atoms with E-state index in [4.69, 9.17) is 9.72 Å². The van der Waals surface area contributed by atoms with Crippen molar-refractivity contribution in [3.05, 3.63) is 47.5 Å². The summed E-state index contributed by atoms with van der Waals surface area (Å²) in [7, 11) is 0. The summed E-state index contributed by atoms with van der Waals surface area (Å²) >= 11 is 0. The van der Waals surface area contributed by atoms with E-state index in [-0.39, 0.29) is 18.4 Å². The molecule has 9 nitrogen and oxygen atoms in total. The van der Waals surface area contributed by atoms with Crippen molar-refractivity contribution in [1.29, 1.82) is 5.26 Å². The van der Waals surface area contributed by atoms with Crippen molar-refractivity contribution in [3.63, 3.8) is 0 Å². The molecule has 1 saturated heterocycles. The Morgan fingerprint density at radius 3 is 2.81 bits per heavy atom. The number of nitriles is 1. The van der Waals surface area contributed by atoms with E-state index in [0.717, 1.165) is 29.7 Å². The van der Waals surface area contributed by atoms with Crippen LogP contribution in [-0.2, 0) is 16.1 Å². The van der Waals surface area contributed by atoms with Crippen LogP contribution >= 0.6 is 0 Å². The number of fused-ring (bicyclic) bond motifs is 1. The maximum Gasteiger partial charge on any atom is 0.240 e. The van der Waals surface area contributed by atoms with Crippen molar-refractivity contribution in [3.8, 4) is 6.07 Å². The molecule has 0 spiro atoms. The second kappa shape index (κ2) is 9.20. The van der Waals surface area contributed by atoms with Gasteiger partial charge in [-0.1, -0.05) is 12.1 Å². The van der Waals surface area contributed by atoms with E-state index in [1.165, 1.54) is 0 Å². The van der Waals surface area contributed by atoms with Gasteiger partial charge in [0.2, 0.25) is 11.9 Å². The van der Waals surface area contributed by atoms with Crippen LogP contribution < -0.4 is 5.32 Å². The van der Waals surface area contributed by atoms with Crippen molar-refractivity contribution >= 4 is 22.9 Å². The van der Waals surface area contributed by atoms with Crippen LogP contribution in [0.25, 0.3) is 11.0 Å². The average Bonchev–Trinajstić information content (AvgIpc) is 3.15. The Hall–Kier alpha value is -3.35. The number of imidazole rings is 1. The highest BCUT2D eigenvalue weighted by atomic mass is 16.5. The number of amides is 1. The normalized spacial score (nSPS) is 15.5. The molecule has 1 unspecified atom stereocenters. The van der Waals surface area contributed by atoms with Gasteiger partial charge < -0.3 is 9.30 Å². The van der Waals surface area contributed by atoms with Crippen molar-refractivity contribution in [2.75, 3.05) is 38.2 Å². The number of morpholine rings is 1. The third-order valence-electron chi connectivity index (χ3n) is 5.39. The van der Waals surface area contributed by atoms with E-state index in [0.29, 0.717) is 31.3 Å². The summed E-state index contributed by atoms with van der Waals surface area (Å²) in [5, 5.41) is 12.8. The predicted molar refractivity (Wildman–Crippen MR) is 116 cm³/mol. The Kier molecular flexibility index (Phi) is 6.21. The topological polar surface area (TPSA) is 109 Å². The molecule has 3 heterocycles. The molecule has 1 aliphatic rings. The summed E-state index contributed by atoms with van der Waals surface area (Å²) in [4.78, 5) is 28.0. The van der Waals surface area contributed by atoms with Gasteiger partial charge in [0.15, 0.2) is 0 Å². The molecule has 160 valence electrons. The van der Waals surface area contributed by atoms with Crippen molar-refractivity contribution < 1.29 is 9.53 Å². The molecule has 31 heavy (non-hydrogen) atoms. The molecule has 9 heteroatoms. The van der Waals surface area contributed by atoms with Gasteiger partial charge in [-0.05, 0) is 31.5 Å². The number of nitrogens with one attached hydrogen (secondary N) is 1. The summed E-state index contributed by atoms with van der Waals surface area (Å²) in [6.45, 7) is 7.51. The Labute approximate surface area is 180 Å². The van der Waals surface area contributed by atoms with E-state index < -0.39 is 5.92 Å². The SMILES string of the molecule is CCn1c(C(C#N)c2nc(NC(=O)CN3CCOCC3)ncc2C)nc2ccccc21. The molecule has 4 rings (SSSR count). The molecule has 1 fully saturated rings. The Morgan fingerprint density at radius 1 is 1.29 bits per heavy atom. The zero-order valence-corrected chi connectivity index (χ0v) is 17.7. The fourth-order valence-electron chi connectivity index (χ4n) is 3.82. The largest absolute Gasteiger partial charge is 0.379 e. The minimum atomic E-state index is -0.676. The Morgan fingerprint density at radius 2 is 2.06 bits per heavy atom. The van der Waals surface area contributed by atoms with E-state index in [2.05, 4.69) is 21.4 Å². The lowest BCUT2D eigenvalue weighted by Gasteiger charge is -2.25. The van der Waals surface area contributed by atoms with Gasteiger partial charge in [-0.25, -0.2) is 15.0 Å². The van der Waals surface area contributed by atoms with Gasteiger partial charge in [0, 0.05) is 25.8 Å². The number of rotatable bonds is 6. The number of carbonyl (C=O) groups is 1. The van der Waals surface area contributed by atoms with E-state index >= 15 is 0 Å². The van der Waals surface area contributed by atoms with E-state index in [1.807, 2.05) is 47.6 Å². The molecule has 2 aromatic heterocycles. The standard InChI is InChI=1S/C22H25N7O2/c1-3-29-18-7-5-4-6-17(18)25-21(29)16(12-23)20-15(2)13-24-22(27-20)26-19(30)14-28-8-10-31-11-9-28/h4-7,13,16H,3,8-11,14H2,1-2H3,(H,24,26,27,30). The second-order valence-electron chi connectivity index (χ2n) is 7.46. The lowest BCUT2D eigenvalue weighted by Crippen LogP contribution is -2.41. The van der Waals surface area contributed by atoms with Crippen LogP contribution in [-0.4, -0.2) is 63.2 Å². The minimum absolute atomic E-state index is 0.189. The maximum atomic E-state index is 12.4. The summed E-state index contributed by atoms with van der Waals surface area (Å²) in [5.41, 5.74) is 3.13. The zero-order chi connectivity index (χ0) is 21.8. The highest BCUT2D eigenvalue weighted by Gasteiger charge is 2.25. The fraction of sp³-hybridized carbons (Fsp3) is 0.409. The van der Waals surface area contributed by atoms with Crippen molar-refractivity contribution in [2.24, 2.45) is 0 Å². The summed E-state index contributed by atoms with van der Waals surface area (Å²) < 4.78 is 7.34. The van der Waals surface area contributed by atoms with Crippen LogP contribution in [0.3, 0.4) is 0 Å². The first kappa shape index (κ1) is 20.9. The van der Waals surface area contributed by atoms with Crippen LogP contribution in [0.2, 0.25) is 0 Å². The summed E-state index contributed by atoms with van der Waals surface area (Å²) in [6, 6.07) is 10.2. The maximum absolute atomic E-state index is 12.4. The minimum Gasteiger partial charge on any atom is -0.379 e. The molecule has 1 aromatic carbocycles. The Bertz CT molecular complexity index is 1130. The van der Waals surface area contributed by atoms with Gasteiger partial charge in [-0.15, -0.1) is 0 Å². The smallest absolute Gasteiger partial charge is 0.240 e. The highest BCUT2D eigenvalue weighted by Crippen LogP contribution is 2.28. The average molecular weight is 419 g/mol. The number of aromatic nitrogens is 4. The molecular formula is C22H25N7O2. The first-order valence-electron chi connectivity index (χ1n) is 10.4. The fourth-order valence-corrected chi connectivity index (χ4v) is 3.82. The predicted octanol–water partition coefficient (Wildman–Crippen LogP) is 2.08. The highest BCUT2D eigenvalue weighted by molar-refractivity contribution is 5.90. The van der Waals surface area contributed by atoms with Gasteiger partial charge in [-0.2, -0.15) is 5.26 Å². The van der Waals surface area contributed by atoms with E-state index in [1.54, 1.807) is 6.20 Å². The lowest BCUT2D eigenvalue weighted by atomic mass is 10.0. The van der Waals surface area contributed by atoms with Gasteiger partial charge in [0.05, 0.1) is 42.6 Å². The number of hydrogen-bond acceptors (Lipinski definition) is 7. The number of hydrogen-bond donors (Lipinski definition) is 1. The number of nitrogens with zero attached hydrogens (tertiary/aromatic N) is 6. The number of carbonyl (C=O) groups excluding carboxylic acids is 1. The number of para-hydroxylation sites is 2. The third kappa shape index (κ3) is 4.40. The zero-order valence-electron chi connectivity index (χ0n) is 17.7. The summed E-state index contributed by atoms with van der Waals surface area (Å²) in [5.74, 6) is -0.0342. The van der Waals surface area contributed by atoms with E-state index in [9.17, 15) is 10.1 Å².